The van der Waals surface area contributed by atoms with Crippen LogP contribution in [-0.4, -0.2) is 108 Å². The largest absolute Gasteiger partial charge is 0.355 e. The summed E-state index contributed by atoms with van der Waals surface area (Å²) in [4.78, 5) is 25.9. The number of hydrogen-bond donors (Lipinski definition) is 1. The summed E-state index contributed by atoms with van der Waals surface area (Å²) in [6, 6.07) is 0.529. The van der Waals surface area contributed by atoms with Gasteiger partial charge in [-0.25, -0.2) is 0 Å². The molecule has 0 aliphatic carbocycles. The molecule has 4 saturated heterocycles. The molecule has 5 heterocycles. The van der Waals surface area contributed by atoms with Crippen molar-refractivity contribution in [2.24, 2.45) is 12.0 Å². The maximum Gasteiger partial charge on any atom is 0.246 e. The maximum atomic E-state index is 12.6. The van der Waals surface area contributed by atoms with Gasteiger partial charge in [-0.05, 0) is 0 Å². The van der Waals surface area contributed by atoms with Gasteiger partial charge in [-0.15, -0.1) is 0 Å². The van der Waals surface area contributed by atoms with E-state index in [1.54, 1.807) is 22.8 Å². The Morgan fingerprint density at radius 3 is 2.65 bits per heavy atom. The normalized spacial score (nSPS) is 29.4. The second-order valence-electron chi connectivity index (χ2n) is 7.26. The van der Waals surface area contributed by atoms with Crippen LogP contribution in [0.3, 0.4) is 0 Å². The molecule has 1 atom stereocenters. The molecule has 9 heteroatoms. The van der Waals surface area contributed by atoms with E-state index in [0.29, 0.717) is 19.1 Å². The molecule has 2 bridgehead atoms. The smallest absolute Gasteiger partial charge is 0.246 e. The quantitative estimate of drug-likeness (QED) is 0.531. The average Bonchev–Trinajstić information content (AvgIpc) is 3.09. The van der Waals surface area contributed by atoms with Gasteiger partial charge in [-0.1, -0.05) is 0 Å². The number of aryl methyl sites for hydroxylation is 1. The first-order valence-electron chi connectivity index (χ1n) is 9.35. The molecule has 0 spiro atoms. The summed E-state index contributed by atoms with van der Waals surface area (Å²) in [5, 5.41) is 7.65. The SMILES string of the molecule is CN=C(NCC1CN2CCN1CC2)N1CCN(c2cnn(C)c2)C(=O)C1. The Morgan fingerprint density at radius 1 is 1.27 bits per heavy atom. The lowest BCUT2D eigenvalue weighted by Crippen LogP contribution is -2.64. The lowest BCUT2D eigenvalue weighted by Gasteiger charge is -2.47. The van der Waals surface area contributed by atoms with Crippen LogP contribution >= 0.6 is 0 Å². The fourth-order valence-corrected chi connectivity index (χ4v) is 4.13. The number of carbonyl (C=O) groups is 1. The number of carbonyl (C=O) groups excluding carboxylic acids is 1. The molecule has 1 N–H and O–H groups in total. The van der Waals surface area contributed by atoms with Crippen LogP contribution < -0.4 is 10.2 Å². The third-order valence-corrected chi connectivity index (χ3v) is 5.62. The Morgan fingerprint density at radius 2 is 2.08 bits per heavy atom. The van der Waals surface area contributed by atoms with E-state index in [9.17, 15) is 4.79 Å². The highest BCUT2D eigenvalue weighted by molar-refractivity contribution is 5.98. The van der Waals surface area contributed by atoms with Gasteiger partial charge >= 0.3 is 0 Å². The zero-order chi connectivity index (χ0) is 18.1. The number of piperazine rings is 4. The van der Waals surface area contributed by atoms with Crippen LogP contribution in [0.4, 0.5) is 5.69 Å². The molecule has 5 rings (SSSR count). The molecule has 1 amide bonds. The number of nitrogens with one attached hydrogen (secondary N) is 1. The molecule has 26 heavy (non-hydrogen) atoms. The lowest BCUT2D eigenvalue weighted by molar-refractivity contribution is -0.120. The Bertz CT molecular complexity index is 678. The van der Waals surface area contributed by atoms with E-state index in [-0.39, 0.29) is 5.91 Å². The van der Waals surface area contributed by atoms with Crippen LogP contribution in [0.5, 0.6) is 0 Å². The highest BCUT2D eigenvalue weighted by Crippen LogP contribution is 2.17. The Balaban J connectivity index is 1.32. The minimum Gasteiger partial charge on any atom is -0.355 e. The van der Waals surface area contributed by atoms with Crippen molar-refractivity contribution in [3.05, 3.63) is 12.4 Å². The van der Waals surface area contributed by atoms with Crippen LogP contribution in [0.15, 0.2) is 17.4 Å². The van der Waals surface area contributed by atoms with Crippen LogP contribution in [0.25, 0.3) is 0 Å². The lowest BCUT2D eigenvalue weighted by atomic mass is 10.1. The number of hydrogen-bond acceptors (Lipinski definition) is 5. The van der Waals surface area contributed by atoms with E-state index in [0.717, 1.165) is 44.4 Å². The van der Waals surface area contributed by atoms with Crippen LogP contribution in [0, 0.1) is 0 Å². The van der Waals surface area contributed by atoms with Gasteiger partial charge in [0.15, 0.2) is 5.96 Å². The average molecular weight is 360 g/mol. The van der Waals surface area contributed by atoms with Gasteiger partial charge in [0.25, 0.3) is 0 Å². The first-order chi connectivity index (χ1) is 12.6. The zero-order valence-corrected chi connectivity index (χ0v) is 15.6. The van der Waals surface area contributed by atoms with Crippen molar-refractivity contribution in [2.45, 2.75) is 6.04 Å². The molecule has 0 radical (unpaired) electrons. The van der Waals surface area contributed by atoms with E-state index in [1.165, 1.54) is 13.1 Å². The molecule has 1 unspecified atom stereocenters. The molecule has 1 aromatic heterocycles. The summed E-state index contributed by atoms with van der Waals surface area (Å²) >= 11 is 0. The number of guanidine groups is 1. The van der Waals surface area contributed by atoms with Gasteiger partial charge in [-0.2, -0.15) is 5.10 Å². The molecule has 4 aliphatic heterocycles. The van der Waals surface area contributed by atoms with Crippen molar-refractivity contribution in [3.63, 3.8) is 0 Å². The number of fused-ring (bicyclic) bond motifs is 3. The first-order valence-corrected chi connectivity index (χ1v) is 9.35. The second kappa shape index (κ2) is 7.24. The van der Waals surface area contributed by atoms with Crippen LogP contribution in [-0.2, 0) is 11.8 Å². The Kier molecular flexibility index (Phi) is 4.82. The summed E-state index contributed by atoms with van der Waals surface area (Å²) in [5.41, 5.74) is 0.861. The predicted molar refractivity (Wildman–Crippen MR) is 100 cm³/mol. The van der Waals surface area contributed by atoms with Crippen molar-refractivity contribution in [1.29, 1.82) is 0 Å². The van der Waals surface area contributed by atoms with Crippen molar-refractivity contribution >= 4 is 17.6 Å². The number of nitrogens with zero attached hydrogens (tertiary/aromatic N) is 7. The molecule has 0 saturated carbocycles. The molecule has 9 nitrogen and oxygen atoms in total. The second-order valence-corrected chi connectivity index (χ2v) is 7.26. The Hall–Kier alpha value is -2.13. The van der Waals surface area contributed by atoms with E-state index in [4.69, 9.17) is 0 Å². The Labute approximate surface area is 154 Å². The number of anilines is 1. The van der Waals surface area contributed by atoms with Gasteiger partial charge in [0.05, 0.1) is 11.9 Å². The summed E-state index contributed by atoms with van der Waals surface area (Å²) in [5.74, 6) is 0.903. The number of aromatic nitrogens is 2. The summed E-state index contributed by atoms with van der Waals surface area (Å²) in [6.45, 7) is 8.45. The standard InChI is InChI=1S/C17H28N8O/c1-18-17(19-9-14-12-22-3-5-23(14)6-4-22)24-7-8-25(16(26)13-24)15-10-20-21(2)11-15/h10-11,14H,3-9,12-13H2,1-2H3,(H,18,19). The highest BCUT2D eigenvalue weighted by atomic mass is 16.2. The highest BCUT2D eigenvalue weighted by Gasteiger charge is 2.32. The topological polar surface area (TPSA) is 72.2 Å². The third kappa shape index (κ3) is 3.41. The summed E-state index contributed by atoms with van der Waals surface area (Å²) < 4.78 is 1.72. The molecular formula is C17H28N8O. The molecular weight excluding hydrogens is 332 g/mol. The van der Waals surface area contributed by atoms with Crippen molar-refractivity contribution in [3.8, 4) is 0 Å². The van der Waals surface area contributed by atoms with Crippen molar-refractivity contribution in [2.75, 3.05) is 70.9 Å². The van der Waals surface area contributed by atoms with Gasteiger partial charge in [0.1, 0.15) is 6.54 Å². The minimum atomic E-state index is 0.0822. The number of rotatable bonds is 3. The first kappa shape index (κ1) is 17.3. The van der Waals surface area contributed by atoms with Gasteiger partial charge < -0.3 is 15.1 Å². The van der Waals surface area contributed by atoms with Crippen molar-refractivity contribution < 1.29 is 4.79 Å². The fourth-order valence-electron chi connectivity index (χ4n) is 4.13. The number of amides is 1. The van der Waals surface area contributed by atoms with E-state index in [1.807, 2.05) is 18.1 Å². The zero-order valence-electron chi connectivity index (χ0n) is 15.6. The van der Waals surface area contributed by atoms with Crippen LogP contribution in [0.2, 0.25) is 0 Å². The maximum absolute atomic E-state index is 12.6. The van der Waals surface area contributed by atoms with E-state index >= 15 is 0 Å². The summed E-state index contributed by atoms with van der Waals surface area (Å²) in [6.07, 6.45) is 3.62. The van der Waals surface area contributed by atoms with Gasteiger partial charge in [0.2, 0.25) is 5.91 Å². The molecule has 4 aliphatic rings. The monoisotopic (exact) mass is 360 g/mol. The minimum absolute atomic E-state index is 0.0822. The molecule has 142 valence electrons. The van der Waals surface area contributed by atoms with E-state index < -0.39 is 0 Å². The third-order valence-electron chi connectivity index (χ3n) is 5.62. The molecule has 4 fully saturated rings. The molecule has 0 aromatic carbocycles. The van der Waals surface area contributed by atoms with Crippen LogP contribution in [0.1, 0.15) is 0 Å². The van der Waals surface area contributed by atoms with Gasteiger partial charge in [-0.3, -0.25) is 24.3 Å². The van der Waals surface area contributed by atoms with Crippen molar-refractivity contribution in [1.82, 2.24) is 29.8 Å². The van der Waals surface area contributed by atoms with Gasteiger partial charge in [0, 0.05) is 78.7 Å². The summed E-state index contributed by atoms with van der Waals surface area (Å²) in [7, 11) is 3.65. The fraction of sp³-hybridized carbons (Fsp3) is 0.706. The van der Waals surface area contributed by atoms with E-state index in [2.05, 4.69) is 25.2 Å². The number of aliphatic imine (C=N–C) groups is 1. The molecule has 1 aromatic rings. The predicted octanol–water partition coefficient (Wildman–Crippen LogP) is -1.36.